The van der Waals surface area contributed by atoms with Crippen molar-refractivity contribution in [1.29, 1.82) is 0 Å². The topological polar surface area (TPSA) is 30.2 Å². The molecule has 0 aliphatic rings. The van der Waals surface area contributed by atoms with E-state index in [0.29, 0.717) is 0 Å². The molecule has 1 radical (unpaired) electrons. The van der Waals surface area contributed by atoms with Gasteiger partial charge in [0.25, 0.3) is 0 Å². The normalized spacial score (nSPS) is 10.2. The van der Waals surface area contributed by atoms with E-state index in [2.05, 4.69) is 16.3 Å². The van der Waals surface area contributed by atoms with Gasteiger partial charge in [-0.25, -0.2) is 9.97 Å². The molecule has 0 fully saturated rings. The predicted octanol–water partition coefficient (Wildman–Crippen LogP) is 0.529. The standard InChI is InChI=1S/C6H4N3/c1-2-7-5-9-4-3-8-6(1)9/h1-4H. The minimum atomic E-state index is 0.880. The molecule has 0 spiro atoms. The largest absolute Gasteiger partial charge is 0.281 e. The summed E-state index contributed by atoms with van der Waals surface area (Å²) >= 11 is 0. The summed E-state index contributed by atoms with van der Waals surface area (Å²) in [7, 11) is 0. The maximum atomic E-state index is 4.01. The highest BCUT2D eigenvalue weighted by molar-refractivity contribution is 5.34. The monoisotopic (exact) mass is 118 g/mol. The van der Waals surface area contributed by atoms with Crippen LogP contribution in [0.1, 0.15) is 0 Å². The van der Waals surface area contributed by atoms with Crippen molar-refractivity contribution in [2.75, 3.05) is 0 Å². The second-order valence-corrected chi connectivity index (χ2v) is 1.70. The Hall–Kier alpha value is -1.38. The first-order valence-corrected chi connectivity index (χ1v) is 2.62. The molecule has 0 N–H and O–H groups in total. The number of imidazole rings is 1. The highest BCUT2D eigenvalue weighted by atomic mass is 15.0. The van der Waals surface area contributed by atoms with E-state index >= 15 is 0 Å². The van der Waals surface area contributed by atoms with E-state index in [4.69, 9.17) is 0 Å². The number of hydrogen-bond donors (Lipinski definition) is 0. The van der Waals surface area contributed by atoms with Crippen molar-refractivity contribution < 1.29 is 0 Å². The molecule has 0 aliphatic heterocycles. The summed E-state index contributed by atoms with van der Waals surface area (Å²) in [4.78, 5) is 7.79. The van der Waals surface area contributed by atoms with Crippen molar-refractivity contribution in [3.8, 4) is 0 Å². The van der Waals surface area contributed by atoms with Crippen molar-refractivity contribution in [3.05, 3.63) is 31.0 Å². The van der Waals surface area contributed by atoms with Crippen LogP contribution in [0.3, 0.4) is 0 Å². The fraction of sp³-hybridized carbons (Fsp3) is 0. The van der Waals surface area contributed by atoms with Gasteiger partial charge >= 0.3 is 0 Å². The lowest BCUT2D eigenvalue weighted by molar-refractivity contribution is 1.07. The van der Waals surface area contributed by atoms with Gasteiger partial charge in [0.2, 0.25) is 0 Å². The van der Waals surface area contributed by atoms with Crippen LogP contribution in [0.4, 0.5) is 0 Å². The molecule has 0 unspecified atom stereocenters. The van der Waals surface area contributed by atoms with Gasteiger partial charge in [-0.2, -0.15) is 0 Å². The van der Waals surface area contributed by atoms with E-state index in [1.165, 1.54) is 0 Å². The van der Waals surface area contributed by atoms with E-state index in [1.807, 2.05) is 12.3 Å². The molecule has 0 atom stereocenters. The summed E-state index contributed by atoms with van der Waals surface area (Å²) in [5.74, 6) is 0. The molecular formula is C6H4N3. The first-order valence-electron chi connectivity index (χ1n) is 2.62. The number of fused-ring (bicyclic) bond motifs is 1. The summed E-state index contributed by atoms with van der Waals surface area (Å²) in [5.41, 5.74) is 0.880. The molecule has 2 rings (SSSR count). The Kier molecular flexibility index (Phi) is 0.773. The van der Waals surface area contributed by atoms with Crippen LogP contribution in [0.5, 0.6) is 0 Å². The van der Waals surface area contributed by atoms with Gasteiger partial charge in [0.15, 0.2) is 6.33 Å². The second-order valence-electron chi connectivity index (χ2n) is 1.70. The van der Waals surface area contributed by atoms with Crippen LogP contribution in [0.25, 0.3) is 5.65 Å². The molecule has 3 heteroatoms. The van der Waals surface area contributed by atoms with Gasteiger partial charge in [0, 0.05) is 18.6 Å². The maximum Gasteiger partial charge on any atom is 0.182 e. The van der Waals surface area contributed by atoms with Gasteiger partial charge in [0.05, 0.1) is 0 Å². The third-order valence-corrected chi connectivity index (χ3v) is 1.13. The Labute approximate surface area is 52.0 Å². The van der Waals surface area contributed by atoms with Crippen LogP contribution in [0.15, 0.2) is 24.7 Å². The van der Waals surface area contributed by atoms with Crippen molar-refractivity contribution in [2.45, 2.75) is 0 Å². The first kappa shape index (κ1) is 4.49. The van der Waals surface area contributed by atoms with Gasteiger partial charge in [-0.05, 0) is 6.07 Å². The third kappa shape index (κ3) is 0.579. The molecule has 3 nitrogen and oxygen atoms in total. The number of aromatic nitrogens is 3. The number of rotatable bonds is 0. The smallest absolute Gasteiger partial charge is 0.182 e. The van der Waals surface area contributed by atoms with Crippen LogP contribution in [-0.2, 0) is 0 Å². The Bertz CT molecular complexity index is 282. The summed E-state index contributed by atoms with van der Waals surface area (Å²) in [5, 5.41) is 0. The second kappa shape index (κ2) is 1.55. The molecule has 0 aromatic carbocycles. The minimum absolute atomic E-state index is 0.880. The fourth-order valence-electron chi connectivity index (χ4n) is 0.722. The molecule has 2 aromatic heterocycles. The average molecular weight is 118 g/mol. The van der Waals surface area contributed by atoms with Gasteiger partial charge < -0.3 is 0 Å². The van der Waals surface area contributed by atoms with E-state index in [9.17, 15) is 0 Å². The lowest BCUT2D eigenvalue weighted by Crippen LogP contribution is -1.82. The first-order chi connectivity index (χ1) is 4.47. The zero-order chi connectivity index (χ0) is 6.10. The van der Waals surface area contributed by atoms with Crippen LogP contribution >= 0.6 is 0 Å². The van der Waals surface area contributed by atoms with Gasteiger partial charge in [-0.1, -0.05) is 0 Å². The molecule has 0 bridgehead atoms. The molecule has 0 saturated carbocycles. The quantitative estimate of drug-likeness (QED) is 0.505. The van der Waals surface area contributed by atoms with E-state index in [-0.39, 0.29) is 0 Å². The summed E-state index contributed by atoms with van der Waals surface area (Å²) < 4.78 is 1.74. The fourth-order valence-corrected chi connectivity index (χ4v) is 0.722. The Balaban J connectivity index is 2.95. The van der Waals surface area contributed by atoms with E-state index in [0.717, 1.165) is 5.65 Å². The van der Waals surface area contributed by atoms with Crippen LogP contribution in [0, 0.1) is 6.33 Å². The van der Waals surface area contributed by atoms with Crippen molar-refractivity contribution in [1.82, 2.24) is 14.4 Å². The molecule has 0 saturated heterocycles. The van der Waals surface area contributed by atoms with Crippen molar-refractivity contribution >= 4 is 5.65 Å². The Morgan fingerprint density at radius 1 is 1.44 bits per heavy atom. The Morgan fingerprint density at radius 3 is 3.33 bits per heavy atom. The molecule has 0 amide bonds. The van der Waals surface area contributed by atoms with Crippen LogP contribution in [-0.4, -0.2) is 14.4 Å². The molecule has 2 aromatic rings. The van der Waals surface area contributed by atoms with Gasteiger partial charge in [0.1, 0.15) is 5.65 Å². The summed E-state index contributed by atoms with van der Waals surface area (Å²) in [6.07, 6.45) is 7.93. The summed E-state index contributed by atoms with van der Waals surface area (Å²) in [6.45, 7) is 0. The molecular weight excluding hydrogens is 114 g/mol. The molecule has 43 valence electrons. The highest BCUT2D eigenvalue weighted by Crippen LogP contribution is 1.93. The molecule has 2 heterocycles. The minimum Gasteiger partial charge on any atom is -0.281 e. The predicted molar refractivity (Wildman–Crippen MR) is 31.8 cm³/mol. The lowest BCUT2D eigenvalue weighted by Gasteiger charge is -1.84. The summed E-state index contributed by atoms with van der Waals surface area (Å²) in [6, 6.07) is 1.83. The van der Waals surface area contributed by atoms with Crippen LogP contribution in [0.2, 0.25) is 0 Å². The number of hydrogen-bond acceptors (Lipinski definition) is 2. The zero-order valence-corrected chi connectivity index (χ0v) is 4.65. The van der Waals surface area contributed by atoms with Crippen LogP contribution < -0.4 is 0 Å². The van der Waals surface area contributed by atoms with Gasteiger partial charge in [-0.15, -0.1) is 0 Å². The number of nitrogens with zero attached hydrogens (tertiary/aromatic N) is 3. The highest BCUT2D eigenvalue weighted by Gasteiger charge is 1.87. The van der Waals surface area contributed by atoms with Crippen molar-refractivity contribution in [2.24, 2.45) is 0 Å². The van der Waals surface area contributed by atoms with E-state index in [1.54, 1.807) is 16.8 Å². The molecule has 0 aliphatic carbocycles. The van der Waals surface area contributed by atoms with Crippen molar-refractivity contribution in [3.63, 3.8) is 0 Å². The van der Waals surface area contributed by atoms with E-state index < -0.39 is 0 Å². The maximum absolute atomic E-state index is 4.01. The lowest BCUT2D eigenvalue weighted by atomic mass is 10.6. The zero-order valence-electron chi connectivity index (χ0n) is 4.65. The Morgan fingerprint density at radius 2 is 2.44 bits per heavy atom. The third-order valence-electron chi connectivity index (χ3n) is 1.13. The SMILES string of the molecule is [c]1nccc2nccn12. The average Bonchev–Trinajstić information content (AvgIpc) is 2.33. The van der Waals surface area contributed by atoms with Gasteiger partial charge in [-0.3, -0.25) is 4.40 Å². The molecule has 9 heavy (non-hydrogen) atoms.